The first-order valence-electron chi connectivity index (χ1n) is 12.3. The topological polar surface area (TPSA) is 85.0 Å². The van der Waals surface area contributed by atoms with E-state index < -0.39 is 6.04 Å². The highest BCUT2D eigenvalue weighted by Crippen LogP contribution is 2.18. The third-order valence-corrected chi connectivity index (χ3v) is 6.76. The van der Waals surface area contributed by atoms with Gasteiger partial charge in [0.2, 0.25) is 17.7 Å². The Balaban J connectivity index is 1.30. The second-order valence-electron chi connectivity index (χ2n) is 9.50. The molecule has 2 aliphatic rings. The molecule has 186 valence electrons. The van der Waals surface area contributed by atoms with Gasteiger partial charge in [-0.15, -0.1) is 0 Å². The molecular formula is C27H35N5O3. The standard InChI is InChI=1S/C27H35N5O3/c1-20-8-9-23(21(2)16-20)29-25(33)17-24-27(35)28-10-11-32(24)26(34)19-31-14-12-30(13-15-31)18-22-6-4-3-5-7-22/h3-9,16,24H,10-15,17-19H2,1-2H3,(H,28,35)(H,29,33). The van der Waals surface area contributed by atoms with E-state index in [1.54, 1.807) is 4.90 Å². The summed E-state index contributed by atoms with van der Waals surface area (Å²) < 4.78 is 0. The molecule has 0 spiro atoms. The first-order chi connectivity index (χ1) is 16.9. The Bertz CT molecular complexity index is 1050. The van der Waals surface area contributed by atoms with Gasteiger partial charge in [0, 0.05) is 51.5 Å². The second-order valence-corrected chi connectivity index (χ2v) is 9.50. The van der Waals surface area contributed by atoms with Gasteiger partial charge in [0.15, 0.2) is 0 Å². The van der Waals surface area contributed by atoms with Gasteiger partial charge in [0.05, 0.1) is 13.0 Å². The SMILES string of the molecule is Cc1ccc(NC(=O)CC2C(=O)NCCN2C(=O)CN2CCN(Cc3ccccc3)CC2)c(C)c1. The number of carbonyl (C=O) groups excluding carboxylic acids is 3. The normalized spacial score (nSPS) is 19.3. The van der Waals surface area contributed by atoms with Gasteiger partial charge in [-0.2, -0.15) is 0 Å². The first-order valence-corrected chi connectivity index (χ1v) is 12.3. The van der Waals surface area contributed by atoms with Crippen molar-refractivity contribution >= 4 is 23.4 Å². The van der Waals surface area contributed by atoms with Crippen LogP contribution in [-0.4, -0.2) is 84.3 Å². The van der Waals surface area contributed by atoms with Crippen LogP contribution in [0.5, 0.6) is 0 Å². The van der Waals surface area contributed by atoms with Crippen LogP contribution in [0, 0.1) is 13.8 Å². The molecule has 2 heterocycles. The molecule has 0 radical (unpaired) electrons. The Hall–Kier alpha value is -3.23. The lowest BCUT2D eigenvalue weighted by atomic mass is 10.1. The third kappa shape index (κ3) is 6.68. The highest BCUT2D eigenvalue weighted by Gasteiger charge is 2.35. The molecule has 35 heavy (non-hydrogen) atoms. The molecule has 0 aliphatic carbocycles. The lowest BCUT2D eigenvalue weighted by Crippen LogP contribution is -2.60. The smallest absolute Gasteiger partial charge is 0.243 e. The van der Waals surface area contributed by atoms with Crippen LogP contribution in [0.25, 0.3) is 0 Å². The van der Waals surface area contributed by atoms with Crippen molar-refractivity contribution in [2.24, 2.45) is 0 Å². The van der Waals surface area contributed by atoms with E-state index in [1.165, 1.54) is 5.56 Å². The molecule has 2 aromatic rings. The molecule has 2 fully saturated rings. The quantitative estimate of drug-likeness (QED) is 0.635. The van der Waals surface area contributed by atoms with Gasteiger partial charge >= 0.3 is 0 Å². The van der Waals surface area contributed by atoms with Crippen molar-refractivity contribution < 1.29 is 14.4 Å². The number of hydrogen-bond donors (Lipinski definition) is 2. The van der Waals surface area contributed by atoms with Crippen molar-refractivity contribution in [3.8, 4) is 0 Å². The van der Waals surface area contributed by atoms with Crippen molar-refractivity contribution in [2.75, 3.05) is 51.1 Å². The molecule has 3 amide bonds. The average Bonchev–Trinajstić information content (AvgIpc) is 2.84. The number of hydrogen-bond acceptors (Lipinski definition) is 5. The van der Waals surface area contributed by atoms with Crippen molar-refractivity contribution in [1.29, 1.82) is 0 Å². The molecule has 2 saturated heterocycles. The number of amides is 3. The Morgan fingerprint density at radius 1 is 0.971 bits per heavy atom. The molecule has 2 aliphatic heterocycles. The number of anilines is 1. The largest absolute Gasteiger partial charge is 0.353 e. The van der Waals surface area contributed by atoms with Crippen molar-refractivity contribution in [3.63, 3.8) is 0 Å². The summed E-state index contributed by atoms with van der Waals surface area (Å²) >= 11 is 0. The number of benzene rings is 2. The fraction of sp³-hybridized carbons (Fsp3) is 0.444. The number of piperazine rings is 2. The molecule has 0 saturated carbocycles. The summed E-state index contributed by atoms with van der Waals surface area (Å²) in [7, 11) is 0. The fourth-order valence-corrected chi connectivity index (χ4v) is 4.78. The predicted octanol–water partition coefficient (Wildman–Crippen LogP) is 1.78. The summed E-state index contributed by atoms with van der Waals surface area (Å²) in [6.07, 6.45) is -0.0598. The van der Waals surface area contributed by atoms with E-state index >= 15 is 0 Å². The maximum atomic E-state index is 13.2. The maximum absolute atomic E-state index is 13.2. The minimum Gasteiger partial charge on any atom is -0.353 e. The summed E-state index contributed by atoms with van der Waals surface area (Å²) in [4.78, 5) is 44.7. The van der Waals surface area contributed by atoms with Gasteiger partial charge in [-0.05, 0) is 31.0 Å². The van der Waals surface area contributed by atoms with E-state index in [-0.39, 0.29) is 30.7 Å². The van der Waals surface area contributed by atoms with E-state index in [9.17, 15) is 14.4 Å². The Morgan fingerprint density at radius 3 is 2.40 bits per heavy atom. The second kappa shape index (κ2) is 11.5. The molecule has 0 aromatic heterocycles. The van der Waals surface area contributed by atoms with E-state index in [0.29, 0.717) is 13.1 Å². The summed E-state index contributed by atoms with van der Waals surface area (Å²) in [6, 6.07) is 15.4. The summed E-state index contributed by atoms with van der Waals surface area (Å²) in [5.74, 6) is -0.639. The third-order valence-electron chi connectivity index (χ3n) is 6.76. The average molecular weight is 478 g/mol. The first kappa shape index (κ1) is 24.9. The Morgan fingerprint density at radius 2 is 1.69 bits per heavy atom. The highest BCUT2D eigenvalue weighted by atomic mass is 16.2. The molecule has 2 N–H and O–H groups in total. The summed E-state index contributed by atoms with van der Waals surface area (Å²) in [6.45, 7) is 9.32. The number of nitrogens with one attached hydrogen (secondary N) is 2. The highest BCUT2D eigenvalue weighted by molar-refractivity contribution is 5.98. The van der Waals surface area contributed by atoms with Crippen LogP contribution in [0.2, 0.25) is 0 Å². The van der Waals surface area contributed by atoms with Crippen molar-refractivity contribution in [1.82, 2.24) is 20.0 Å². The molecule has 1 atom stereocenters. The van der Waals surface area contributed by atoms with Gasteiger partial charge < -0.3 is 15.5 Å². The molecule has 8 heteroatoms. The summed E-state index contributed by atoms with van der Waals surface area (Å²) in [5.41, 5.74) is 4.09. The van der Waals surface area contributed by atoms with E-state index in [0.717, 1.165) is 49.5 Å². The van der Waals surface area contributed by atoms with E-state index in [4.69, 9.17) is 0 Å². The van der Waals surface area contributed by atoms with Crippen LogP contribution in [0.15, 0.2) is 48.5 Å². The molecule has 2 aromatic carbocycles. The van der Waals surface area contributed by atoms with Crippen LogP contribution < -0.4 is 10.6 Å². The predicted molar refractivity (Wildman–Crippen MR) is 136 cm³/mol. The Labute approximate surface area is 207 Å². The molecular weight excluding hydrogens is 442 g/mol. The minimum atomic E-state index is -0.790. The van der Waals surface area contributed by atoms with Gasteiger partial charge in [-0.3, -0.25) is 24.2 Å². The van der Waals surface area contributed by atoms with Crippen LogP contribution in [0.4, 0.5) is 5.69 Å². The lowest BCUT2D eigenvalue weighted by molar-refractivity contribution is -0.145. The monoisotopic (exact) mass is 477 g/mol. The zero-order chi connectivity index (χ0) is 24.8. The zero-order valence-electron chi connectivity index (χ0n) is 20.6. The van der Waals surface area contributed by atoms with Crippen LogP contribution >= 0.6 is 0 Å². The minimum absolute atomic E-state index is 0.0598. The van der Waals surface area contributed by atoms with Gasteiger partial charge in [0.1, 0.15) is 6.04 Å². The Kier molecular flexibility index (Phi) is 8.15. The molecule has 8 nitrogen and oxygen atoms in total. The van der Waals surface area contributed by atoms with Crippen LogP contribution in [-0.2, 0) is 20.9 Å². The van der Waals surface area contributed by atoms with E-state index in [2.05, 4.69) is 44.7 Å². The fourth-order valence-electron chi connectivity index (χ4n) is 4.78. The van der Waals surface area contributed by atoms with Crippen molar-refractivity contribution in [2.45, 2.75) is 32.9 Å². The number of carbonyl (C=O) groups is 3. The van der Waals surface area contributed by atoms with Crippen molar-refractivity contribution in [3.05, 3.63) is 65.2 Å². The molecule has 4 rings (SSSR count). The molecule has 0 bridgehead atoms. The lowest BCUT2D eigenvalue weighted by Gasteiger charge is -2.38. The maximum Gasteiger partial charge on any atom is 0.243 e. The number of rotatable bonds is 7. The zero-order valence-corrected chi connectivity index (χ0v) is 20.6. The van der Waals surface area contributed by atoms with Crippen LogP contribution in [0.1, 0.15) is 23.1 Å². The van der Waals surface area contributed by atoms with Gasteiger partial charge in [-0.25, -0.2) is 0 Å². The van der Waals surface area contributed by atoms with Gasteiger partial charge in [0.25, 0.3) is 0 Å². The van der Waals surface area contributed by atoms with E-state index in [1.807, 2.05) is 38.1 Å². The number of nitrogens with zero attached hydrogens (tertiary/aromatic N) is 3. The van der Waals surface area contributed by atoms with Crippen LogP contribution in [0.3, 0.4) is 0 Å². The number of aryl methyl sites for hydroxylation is 2. The molecule has 1 unspecified atom stereocenters. The summed E-state index contributed by atoms with van der Waals surface area (Å²) in [5, 5.41) is 5.70. The van der Waals surface area contributed by atoms with Gasteiger partial charge in [-0.1, -0.05) is 48.0 Å².